The number of aliphatic hydroxyl groups excluding tert-OH is 1. The molecule has 1 saturated heterocycles. The Labute approximate surface area is 122 Å². The third kappa shape index (κ3) is 2.59. The molecule has 1 fully saturated rings. The molecule has 2 aromatic rings. The van der Waals surface area contributed by atoms with Crippen molar-refractivity contribution < 1.29 is 10.2 Å². The molecule has 0 radical (unpaired) electrons. The van der Waals surface area contributed by atoms with E-state index in [4.69, 9.17) is 11.6 Å². The van der Waals surface area contributed by atoms with Crippen LogP contribution >= 0.6 is 11.6 Å². The van der Waals surface area contributed by atoms with Crippen LogP contribution in [0, 0.1) is 0 Å². The summed E-state index contributed by atoms with van der Waals surface area (Å²) >= 11 is 5.96. The molecule has 0 unspecified atom stereocenters. The van der Waals surface area contributed by atoms with Crippen LogP contribution in [0.25, 0.3) is 10.9 Å². The molecule has 2 heterocycles. The minimum absolute atomic E-state index is 0.216. The van der Waals surface area contributed by atoms with Crippen LogP contribution in [-0.4, -0.2) is 40.5 Å². The molecule has 0 amide bonds. The van der Waals surface area contributed by atoms with Crippen molar-refractivity contribution in [1.29, 1.82) is 0 Å². The van der Waals surface area contributed by atoms with Crippen LogP contribution in [0.5, 0.6) is 0 Å². The van der Waals surface area contributed by atoms with Gasteiger partial charge in [-0.1, -0.05) is 11.6 Å². The molecule has 1 aliphatic heterocycles. The van der Waals surface area contributed by atoms with Gasteiger partial charge >= 0.3 is 0 Å². The monoisotopic (exact) mass is 292 g/mol. The molecule has 0 spiro atoms. The van der Waals surface area contributed by atoms with Crippen LogP contribution in [-0.2, 0) is 0 Å². The number of halogens is 1. The van der Waals surface area contributed by atoms with E-state index in [1.807, 2.05) is 35.2 Å². The van der Waals surface area contributed by atoms with Gasteiger partial charge in [0.25, 0.3) is 0 Å². The van der Waals surface area contributed by atoms with Crippen molar-refractivity contribution in [3.05, 3.63) is 35.4 Å². The number of piperidine rings is 1. The Bertz CT molecular complexity index is 634. The molecule has 3 rings (SSSR count). The summed E-state index contributed by atoms with van der Waals surface area (Å²) in [7, 11) is 0. The van der Waals surface area contributed by atoms with Gasteiger partial charge in [-0.2, -0.15) is 0 Å². The fourth-order valence-electron chi connectivity index (χ4n) is 2.70. The van der Waals surface area contributed by atoms with Crippen molar-refractivity contribution in [2.24, 2.45) is 0 Å². The van der Waals surface area contributed by atoms with Crippen molar-refractivity contribution in [1.82, 2.24) is 4.98 Å². The molecule has 1 aromatic carbocycles. The lowest BCUT2D eigenvalue weighted by Gasteiger charge is -2.38. The first kappa shape index (κ1) is 13.6. The summed E-state index contributed by atoms with van der Waals surface area (Å²) in [5, 5.41) is 21.2. The lowest BCUT2D eigenvalue weighted by atomic mass is 9.94. The van der Waals surface area contributed by atoms with Gasteiger partial charge in [0.05, 0.1) is 18.7 Å². The molecule has 1 atom stereocenters. The average Bonchev–Trinajstić information content (AvgIpc) is 2.47. The SMILES string of the molecule is OC[C@]1(O)CCCN(c2ccc3cc(Cl)ccc3n2)C1. The summed E-state index contributed by atoms with van der Waals surface area (Å²) < 4.78 is 0. The lowest BCUT2D eigenvalue weighted by molar-refractivity contribution is -0.0242. The lowest BCUT2D eigenvalue weighted by Crippen LogP contribution is -2.50. The second-order valence-corrected chi connectivity index (χ2v) is 5.85. The van der Waals surface area contributed by atoms with Crippen molar-refractivity contribution in [2.45, 2.75) is 18.4 Å². The molecule has 2 N–H and O–H groups in total. The molecule has 20 heavy (non-hydrogen) atoms. The molecule has 106 valence electrons. The number of anilines is 1. The number of fused-ring (bicyclic) bond motifs is 1. The molecule has 4 nitrogen and oxygen atoms in total. The predicted molar refractivity (Wildman–Crippen MR) is 80.2 cm³/mol. The highest BCUT2D eigenvalue weighted by Gasteiger charge is 2.33. The molecular formula is C15H17ClN2O2. The fraction of sp³-hybridized carbons (Fsp3) is 0.400. The number of hydrogen-bond donors (Lipinski definition) is 2. The third-order valence-electron chi connectivity index (χ3n) is 3.81. The highest BCUT2D eigenvalue weighted by atomic mass is 35.5. The van der Waals surface area contributed by atoms with Gasteiger partial charge in [-0.25, -0.2) is 4.98 Å². The quantitative estimate of drug-likeness (QED) is 0.891. The minimum Gasteiger partial charge on any atom is -0.393 e. The van der Waals surface area contributed by atoms with Crippen LogP contribution in [0.15, 0.2) is 30.3 Å². The van der Waals surface area contributed by atoms with Crippen LogP contribution in [0.4, 0.5) is 5.82 Å². The van der Waals surface area contributed by atoms with E-state index in [1.54, 1.807) is 0 Å². The van der Waals surface area contributed by atoms with Crippen LogP contribution in [0.2, 0.25) is 5.02 Å². The number of aromatic nitrogens is 1. The van der Waals surface area contributed by atoms with E-state index in [0.29, 0.717) is 18.0 Å². The Kier molecular flexibility index (Phi) is 3.54. The Balaban J connectivity index is 1.92. The Morgan fingerprint density at radius 2 is 2.15 bits per heavy atom. The zero-order valence-corrected chi connectivity index (χ0v) is 11.8. The highest BCUT2D eigenvalue weighted by molar-refractivity contribution is 6.31. The second kappa shape index (κ2) is 5.20. The largest absolute Gasteiger partial charge is 0.393 e. The number of aliphatic hydroxyl groups is 2. The maximum absolute atomic E-state index is 10.2. The van der Waals surface area contributed by atoms with Gasteiger partial charge in [-0.05, 0) is 43.2 Å². The zero-order valence-electron chi connectivity index (χ0n) is 11.1. The predicted octanol–water partition coefficient (Wildman–Crippen LogP) is 2.21. The second-order valence-electron chi connectivity index (χ2n) is 5.41. The molecule has 1 aromatic heterocycles. The first-order valence-electron chi connectivity index (χ1n) is 6.74. The molecule has 5 heteroatoms. The van der Waals surface area contributed by atoms with E-state index >= 15 is 0 Å². The van der Waals surface area contributed by atoms with Crippen LogP contribution < -0.4 is 4.90 Å². The third-order valence-corrected chi connectivity index (χ3v) is 4.05. The molecule has 0 saturated carbocycles. The smallest absolute Gasteiger partial charge is 0.129 e. The number of β-amino-alcohol motifs (C(OH)–C–C–N with tert-alkyl or cyclic N) is 1. The van der Waals surface area contributed by atoms with Gasteiger partial charge in [0.1, 0.15) is 11.4 Å². The normalized spacial score (nSPS) is 23.2. The summed E-state index contributed by atoms with van der Waals surface area (Å²) in [6.45, 7) is 1.04. The Morgan fingerprint density at radius 3 is 2.95 bits per heavy atom. The Morgan fingerprint density at radius 1 is 1.30 bits per heavy atom. The molecule has 1 aliphatic rings. The van der Waals surface area contributed by atoms with Gasteiger partial charge < -0.3 is 15.1 Å². The van der Waals surface area contributed by atoms with Gasteiger partial charge in [-0.3, -0.25) is 0 Å². The van der Waals surface area contributed by atoms with Crippen LogP contribution in [0.1, 0.15) is 12.8 Å². The summed E-state index contributed by atoms with van der Waals surface area (Å²) in [5.41, 5.74) is -0.139. The highest BCUT2D eigenvalue weighted by Crippen LogP contribution is 2.27. The summed E-state index contributed by atoms with van der Waals surface area (Å²) in [5.74, 6) is 0.825. The van der Waals surface area contributed by atoms with Crippen LogP contribution in [0.3, 0.4) is 0 Å². The fourth-order valence-corrected chi connectivity index (χ4v) is 2.88. The number of rotatable bonds is 2. The van der Waals surface area contributed by atoms with Gasteiger partial charge in [-0.15, -0.1) is 0 Å². The maximum Gasteiger partial charge on any atom is 0.129 e. The van der Waals surface area contributed by atoms with E-state index in [2.05, 4.69) is 4.98 Å². The number of nitrogens with zero attached hydrogens (tertiary/aromatic N) is 2. The number of benzene rings is 1. The first-order valence-corrected chi connectivity index (χ1v) is 7.12. The summed E-state index contributed by atoms with van der Waals surface area (Å²) in [6, 6.07) is 9.51. The summed E-state index contributed by atoms with van der Waals surface area (Å²) in [6.07, 6.45) is 1.47. The van der Waals surface area contributed by atoms with Crippen molar-refractivity contribution in [3.63, 3.8) is 0 Å². The molecule has 0 aliphatic carbocycles. The van der Waals surface area contributed by atoms with Gasteiger partial charge in [0.15, 0.2) is 0 Å². The van der Waals surface area contributed by atoms with E-state index in [9.17, 15) is 10.2 Å². The van der Waals surface area contributed by atoms with E-state index in [-0.39, 0.29) is 6.61 Å². The van der Waals surface area contributed by atoms with E-state index in [1.165, 1.54) is 0 Å². The number of hydrogen-bond acceptors (Lipinski definition) is 4. The minimum atomic E-state index is -1.02. The molecule has 0 bridgehead atoms. The topological polar surface area (TPSA) is 56.6 Å². The van der Waals surface area contributed by atoms with E-state index < -0.39 is 5.60 Å². The first-order chi connectivity index (χ1) is 9.59. The molecular weight excluding hydrogens is 276 g/mol. The van der Waals surface area contributed by atoms with Gasteiger partial charge in [0.2, 0.25) is 0 Å². The van der Waals surface area contributed by atoms with Crippen molar-refractivity contribution >= 4 is 28.3 Å². The van der Waals surface area contributed by atoms with Crippen molar-refractivity contribution in [2.75, 3.05) is 24.6 Å². The van der Waals surface area contributed by atoms with Crippen molar-refractivity contribution in [3.8, 4) is 0 Å². The van der Waals surface area contributed by atoms with Gasteiger partial charge in [0, 0.05) is 17.0 Å². The Hall–Kier alpha value is -1.36. The average molecular weight is 293 g/mol. The summed E-state index contributed by atoms with van der Waals surface area (Å²) in [4.78, 5) is 6.64. The zero-order chi connectivity index (χ0) is 14.2. The maximum atomic E-state index is 10.2. The number of pyridine rings is 1. The van der Waals surface area contributed by atoms with E-state index in [0.717, 1.165) is 29.7 Å². The standard InChI is InChI=1S/C15H17ClN2O2/c16-12-3-4-13-11(8-12)2-5-14(17-13)18-7-1-6-15(20,9-18)10-19/h2-5,8,19-20H,1,6-7,9-10H2/t15-/m0/s1.